The zero-order chi connectivity index (χ0) is 35.0. The number of fused-ring (bicyclic) bond motifs is 2. The average Bonchev–Trinajstić information content (AvgIpc) is 3.46. The number of anilines is 1. The molecule has 3 aliphatic rings. The number of pyridine rings is 1. The number of aliphatic hydroxyl groups is 1. The van der Waals surface area contributed by atoms with Crippen molar-refractivity contribution in [2.45, 2.75) is 44.2 Å². The van der Waals surface area contributed by atoms with Crippen LogP contribution in [-0.4, -0.2) is 108 Å². The maximum atomic E-state index is 17.1. The molecule has 0 bridgehead atoms. The Morgan fingerprint density at radius 3 is 2.66 bits per heavy atom. The first-order valence-electron chi connectivity index (χ1n) is 17.0. The minimum atomic E-state index is -1.24. The Kier molecular flexibility index (Phi) is 9.63. The van der Waals surface area contributed by atoms with Crippen molar-refractivity contribution in [3.05, 3.63) is 41.5 Å². The van der Waals surface area contributed by atoms with Gasteiger partial charge >= 0.3 is 6.01 Å². The molecule has 7 rings (SSSR count). The molecule has 5 heterocycles. The number of halogens is 2. The Bertz CT molecular complexity index is 1950. The molecule has 0 unspecified atom stereocenters. The molecule has 0 spiro atoms. The largest absolute Gasteiger partial charge is 0.508 e. The number of β-amino-alcohol motifs (C(OH)–C–C–N with tert-alkyl or cyclic N) is 1. The van der Waals surface area contributed by atoms with Crippen molar-refractivity contribution in [2.24, 2.45) is 5.92 Å². The topological polar surface area (TPSA) is 123 Å². The first-order chi connectivity index (χ1) is 24.2. The molecule has 0 saturated carbocycles. The van der Waals surface area contributed by atoms with Gasteiger partial charge in [0.05, 0.1) is 32.4 Å². The van der Waals surface area contributed by atoms with Gasteiger partial charge in [0.15, 0.2) is 5.82 Å². The summed E-state index contributed by atoms with van der Waals surface area (Å²) in [5.41, 5.74) is -1.68. The summed E-state index contributed by atoms with van der Waals surface area (Å²) < 4.78 is 55.3. The van der Waals surface area contributed by atoms with Gasteiger partial charge in [-0.05, 0) is 68.7 Å². The summed E-state index contributed by atoms with van der Waals surface area (Å²) in [6.07, 6.45) is 9.78. The third-order valence-electron chi connectivity index (χ3n) is 9.84. The van der Waals surface area contributed by atoms with Crippen molar-refractivity contribution in [2.75, 3.05) is 71.2 Å². The Balaban J connectivity index is 1.35. The first-order valence-corrected chi connectivity index (χ1v) is 17.0. The molecule has 0 aliphatic carbocycles. The zero-order valence-corrected chi connectivity index (χ0v) is 28.3. The maximum absolute atomic E-state index is 17.1. The number of terminal acetylenes is 1. The fourth-order valence-corrected chi connectivity index (χ4v) is 7.41. The molecule has 0 amide bonds. The van der Waals surface area contributed by atoms with E-state index in [1.807, 2.05) is 0 Å². The number of methoxy groups -OCH3 is 1. The summed E-state index contributed by atoms with van der Waals surface area (Å²) in [6.45, 7) is 6.29. The molecule has 4 aromatic rings. The smallest absolute Gasteiger partial charge is 0.319 e. The standard InChI is InChI=1S/C37H41F2N5O6/c1-4-26-28(38)8-7-23-16-25(45)17-27(29(23)26)32-31(39)33-30(35(40-32)47-3)34(44-12-15-49-21-37(2,46)20-44)42-36(41-33)50-19-24-6-5-11-43(24)18-22-9-13-48-14-10-22/h1,7-8,16-17,22,24,45-46H,5-6,9-15,18-21H2,2-3H3/t24-,37-/m0/s1. The predicted octanol–water partition coefficient (Wildman–Crippen LogP) is 4.68. The van der Waals surface area contributed by atoms with Crippen LogP contribution in [0, 0.1) is 29.9 Å². The van der Waals surface area contributed by atoms with Gasteiger partial charge in [-0.3, -0.25) is 4.90 Å². The molecule has 264 valence electrons. The quantitative estimate of drug-likeness (QED) is 0.251. The second kappa shape index (κ2) is 14.1. The number of hydrogen-bond donors (Lipinski definition) is 2. The highest BCUT2D eigenvalue weighted by Crippen LogP contribution is 2.42. The van der Waals surface area contributed by atoms with Crippen LogP contribution < -0.4 is 14.4 Å². The van der Waals surface area contributed by atoms with Crippen LogP contribution >= 0.6 is 0 Å². The van der Waals surface area contributed by atoms with E-state index < -0.39 is 17.2 Å². The van der Waals surface area contributed by atoms with Gasteiger partial charge in [-0.1, -0.05) is 12.0 Å². The van der Waals surface area contributed by atoms with E-state index in [-0.39, 0.29) is 82.4 Å². The van der Waals surface area contributed by atoms with Gasteiger partial charge in [-0.25, -0.2) is 13.8 Å². The van der Waals surface area contributed by atoms with E-state index in [0.29, 0.717) is 24.5 Å². The minimum Gasteiger partial charge on any atom is -0.508 e. The van der Waals surface area contributed by atoms with Crippen molar-refractivity contribution >= 4 is 27.5 Å². The molecular formula is C37H41F2N5O6. The highest BCUT2D eigenvalue weighted by atomic mass is 19.1. The summed E-state index contributed by atoms with van der Waals surface area (Å²) in [5.74, 6) is 1.44. The lowest BCUT2D eigenvalue weighted by molar-refractivity contribution is -0.0123. The van der Waals surface area contributed by atoms with Crippen LogP contribution in [0.15, 0.2) is 24.3 Å². The van der Waals surface area contributed by atoms with Gasteiger partial charge in [-0.2, -0.15) is 9.97 Å². The molecule has 2 aromatic carbocycles. The third-order valence-corrected chi connectivity index (χ3v) is 9.84. The van der Waals surface area contributed by atoms with Gasteiger partial charge < -0.3 is 34.1 Å². The van der Waals surface area contributed by atoms with E-state index in [0.717, 1.165) is 52.0 Å². The molecule has 3 saturated heterocycles. The summed E-state index contributed by atoms with van der Waals surface area (Å²) in [5, 5.41) is 22.5. The van der Waals surface area contributed by atoms with Gasteiger partial charge in [0.1, 0.15) is 46.2 Å². The lowest BCUT2D eigenvalue weighted by Gasteiger charge is -2.31. The van der Waals surface area contributed by atoms with Crippen LogP contribution in [0.25, 0.3) is 32.9 Å². The molecule has 11 nitrogen and oxygen atoms in total. The van der Waals surface area contributed by atoms with Gasteiger partial charge in [-0.15, -0.1) is 6.42 Å². The second-order valence-electron chi connectivity index (χ2n) is 13.6. The lowest BCUT2D eigenvalue weighted by atomic mass is 9.95. The predicted molar refractivity (Wildman–Crippen MR) is 184 cm³/mol. The molecule has 2 atom stereocenters. The van der Waals surface area contributed by atoms with Crippen molar-refractivity contribution in [3.8, 4) is 41.2 Å². The fourth-order valence-electron chi connectivity index (χ4n) is 7.41. The SMILES string of the molecule is C#Cc1c(F)ccc2cc(O)cc(-c3nc(OC)c4c(N5CCOC[C@@](C)(O)C5)nc(OC[C@@H]5CCCN5CC5CCOCC5)nc4c3F)c12. The van der Waals surface area contributed by atoms with Crippen molar-refractivity contribution < 1.29 is 37.9 Å². The number of likely N-dealkylation sites (tertiary alicyclic amines) is 1. The number of benzene rings is 2. The maximum Gasteiger partial charge on any atom is 0.319 e. The summed E-state index contributed by atoms with van der Waals surface area (Å²) >= 11 is 0. The Hall–Kier alpha value is -4.35. The minimum absolute atomic E-state index is 0.0173. The van der Waals surface area contributed by atoms with E-state index in [2.05, 4.69) is 20.8 Å². The number of rotatable bonds is 8. The van der Waals surface area contributed by atoms with Crippen molar-refractivity contribution in [3.63, 3.8) is 0 Å². The number of phenols is 1. The van der Waals surface area contributed by atoms with E-state index >= 15 is 4.39 Å². The number of ether oxygens (including phenoxy) is 4. The molecule has 13 heteroatoms. The Labute approximate surface area is 289 Å². The van der Waals surface area contributed by atoms with Crippen molar-refractivity contribution in [1.29, 1.82) is 0 Å². The number of phenolic OH excluding ortho intramolecular Hbond substituents is 1. The molecule has 3 aliphatic heterocycles. The highest BCUT2D eigenvalue weighted by Gasteiger charge is 2.33. The van der Waals surface area contributed by atoms with Crippen LogP contribution in [-0.2, 0) is 9.47 Å². The number of aromatic nitrogens is 3. The normalized spacial score (nSPS) is 22.2. The van der Waals surface area contributed by atoms with Crippen LogP contribution in [0.4, 0.5) is 14.6 Å². The van der Waals surface area contributed by atoms with Gasteiger partial charge in [0.25, 0.3) is 0 Å². The first kappa shape index (κ1) is 34.1. The van der Waals surface area contributed by atoms with E-state index in [4.69, 9.17) is 30.4 Å². The summed E-state index contributed by atoms with van der Waals surface area (Å²) in [7, 11) is 1.39. The molecule has 3 fully saturated rings. The van der Waals surface area contributed by atoms with E-state index in [1.165, 1.54) is 31.4 Å². The highest BCUT2D eigenvalue weighted by molar-refractivity contribution is 6.04. The van der Waals surface area contributed by atoms with Gasteiger partial charge in [0.2, 0.25) is 5.88 Å². The van der Waals surface area contributed by atoms with Crippen molar-refractivity contribution in [1.82, 2.24) is 19.9 Å². The fraction of sp³-hybridized carbons (Fsp3) is 0.486. The molecular weight excluding hydrogens is 648 g/mol. The Morgan fingerprint density at radius 1 is 1.06 bits per heavy atom. The van der Waals surface area contributed by atoms with E-state index in [1.54, 1.807) is 11.8 Å². The van der Waals surface area contributed by atoms with Crippen LogP contribution in [0.2, 0.25) is 0 Å². The van der Waals surface area contributed by atoms with Gasteiger partial charge in [0, 0.05) is 43.3 Å². The molecule has 2 aromatic heterocycles. The van der Waals surface area contributed by atoms with Crippen LogP contribution in [0.3, 0.4) is 0 Å². The average molecular weight is 690 g/mol. The van der Waals surface area contributed by atoms with Crippen LogP contribution in [0.1, 0.15) is 38.2 Å². The van der Waals surface area contributed by atoms with Crippen LogP contribution in [0.5, 0.6) is 17.6 Å². The molecule has 2 N–H and O–H groups in total. The molecule has 50 heavy (non-hydrogen) atoms. The summed E-state index contributed by atoms with van der Waals surface area (Å²) in [4.78, 5) is 18.1. The monoisotopic (exact) mass is 689 g/mol. The number of hydrogen-bond acceptors (Lipinski definition) is 11. The second-order valence-corrected chi connectivity index (χ2v) is 13.6. The van der Waals surface area contributed by atoms with E-state index in [9.17, 15) is 14.6 Å². The number of nitrogens with zero attached hydrogens (tertiary/aromatic N) is 5. The molecule has 0 radical (unpaired) electrons. The number of aromatic hydroxyl groups is 1. The third kappa shape index (κ3) is 6.73. The Morgan fingerprint density at radius 2 is 1.88 bits per heavy atom. The zero-order valence-electron chi connectivity index (χ0n) is 28.3. The summed E-state index contributed by atoms with van der Waals surface area (Å²) in [6, 6.07) is 5.45. The lowest BCUT2D eigenvalue weighted by Crippen LogP contribution is -2.42.